The number of fused-ring (bicyclic) bond motifs is 1. The molecule has 1 heterocycles. The molecule has 2 rings (SSSR count). The van der Waals surface area contributed by atoms with Crippen LogP contribution in [0, 0.1) is 0 Å². The zero-order chi connectivity index (χ0) is 11.4. The SMILES string of the molecule is O=C(NCCO)N1CCc2ccccc2C1. The number of rotatable bonds is 2. The van der Waals surface area contributed by atoms with Gasteiger partial charge < -0.3 is 15.3 Å². The fourth-order valence-electron chi connectivity index (χ4n) is 1.94. The predicted octanol–water partition coefficient (Wildman–Crippen LogP) is 0.747. The highest BCUT2D eigenvalue weighted by atomic mass is 16.3. The van der Waals surface area contributed by atoms with E-state index in [9.17, 15) is 4.79 Å². The van der Waals surface area contributed by atoms with Crippen molar-refractivity contribution < 1.29 is 9.90 Å². The molecule has 2 N–H and O–H groups in total. The van der Waals surface area contributed by atoms with Crippen LogP contribution in [-0.4, -0.2) is 35.7 Å². The highest BCUT2D eigenvalue weighted by molar-refractivity contribution is 5.74. The Bertz CT molecular complexity index is 379. The van der Waals surface area contributed by atoms with Crippen molar-refractivity contribution in [2.24, 2.45) is 0 Å². The minimum absolute atomic E-state index is 0.0177. The molecule has 86 valence electrons. The van der Waals surface area contributed by atoms with Crippen LogP contribution in [0.25, 0.3) is 0 Å². The van der Waals surface area contributed by atoms with Gasteiger partial charge in [0.15, 0.2) is 0 Å². The van der Waals surface area contributed by atoms with Gasteiger partial charge in [0.25, 0.3) is 0 Å². The third-order valence-electron chi connectivity index (χ3n) is 2.81. The molecule has 0 saturated heterocycles. The average molecular weight is 220 g/mol. The highest BCUT2D eigenvalue weighted by Gasteiger charge is 2.19. The molecule has 1 aliphatic rings. The van der Waals surface area contributed by atoms with Gasteiger partial charge in [-0.15, -0.1) is 0 Å². The molecule has 2 amide bonds. The van der Waals surface area contributed by atoms with Gasteiger partial charge in [-0.25, -0.2) is 4.79 Å². The molecule has 0 spiro atoms. The van der Waals surface area contributed by atoms with Gasteiger partial charge in [-0.3, -0.25) is 0 Å². The molecule has 0 radical (unpaired) electrons. The molecule has 16 heavy (non-hydrogen) atoms. The molecule has 0 fully saturated rings. The third kappa shape index (κ3) is 2.33. The number of nitrogens with zero attached hydrogens (tertiary/aromatic N) is 1. The molecule has 1 aromatic rings. The minimum atomic E-state index is -0.0939. The Morgan fingerprint density at radius 2 is 2.12 bits per heavy atom. The number of benzene rings is 1. The second-order valence-electron chi connectivity index (χ2n) is 3.90. The van der Waals surface area contributed by atoms with E-state index >= 15 is 0 Å². The van der Waals surface area contributed by atoms with Crippen LogP contribution < -0.4 is 5.32 Å². The van der Waals surface area contributed by atoms with Crippen LogP contribution in [0.4, 0.5) is 4.79 Å². The van der Waals surface area contributed by atoms with Crippen LogP contribution in [0.15, 0.2) is 24.3 Å². The van der Waals surface area contributed by atoms with Crippen molar-refractivity contribution in [1.82, 2.24) is 10.2 Å². The molecule has 0 saturated carbocycles. The van der Waals surface area contributed by atoms with Gasteiger partial charge >= 0.3 is 6.03 Å². The molecule has 0 aromatic heterocycles. The number of nitrogens with one attached hydrogen (secondary N) is 1. The summed E-state index contributed by atoms with van der Waals surface area (Å²) in [6.07, 6.45) is 0.905. The smallest absolute Gasteiger partial charge is 0.317 e. The molecular formula is C12H16N2O2. The van der Waals surface area contributed by atoms with E-state index in [1.54, 1.807) is 4.90 Å². The number of hydrogen-bond acceptors (Lipinski definition) is 2. The second kappa shape index (κ2) is 4.99. The van der Waals surface area contributed by atoms with Gasteiger partial charge in [-0.1, -0.05) is 24.3 Å². The lowest BCUT2D eigenvalue weighted by Crippen LogP contribution is -2.43. The first-order chi connectivity index (χ1) is 7.81. The van der Waals surface area contributed by atoms with Gasteiger partial charge in [-0.2, -0.15) is 0 Å². The van der Waals surface area contributed by atoms with Crippen molar-refractivity contribution in [3.05, 3.63) is 35.4 Å². The van der Waals surface area contributed by atoms with E-state index < -0.39 is 0 Å². The number of urea groups is 1. The molecular weight excluding hydrogens is 204 g/mol. The Hall–Kier alpha value is -1.55. The molecule has 1 aliphatic heterocycles. The minimum Gasteiger partial charge on any atom is -0.395 e. The van der Waals surface area contributed by atoms with E-state index in [2.05, 4.69) is 17.4 Å². The van der Waals surface area contributed by atoms with Gasteiger partial charge in [-0.05, 0) is 17.5 Å². The summed E-state index contributed by atoms with van der Waals surface area (Å²) in [5.41, 5.74) is 2.54. The molecule has 0 unspecified atom stereocenters. The largest absolute Gasteiger partial charge is 0.395 e. The number of aliphatic hydroxyl groups excluding tert-OH is 1. The first kappa shape index (κ1) is 11.0. The number of carbonyl (C=O) groups is 1. The van der Waals surface area contributed by atoms with Crippen LogP contribution in [0.5, 0.6) is 0 Å². The van der Waals surface area contributed by atoms with E-state index in [1.165, 1.54) is 11.1 Å². The maximum absolute atomic E-state index is 11.7. The number of amides is 2. The Morgan fingerprint density at radius 3 is 2.88 bits per heavy atom. The van der Waals surface area contributed by atoms with Crippen molar-refractivity contribution in [3.8, 4) is 0 Å². The summed E-state index contributed by atoms with van der Waals surface area (Å²) < 4.78 is 0. The number of carbonyl (C=O) groups excluding carboxylic acids is 1. The zero-order valence-corrected chi connectivity index (χ0v) is 9.15. The quantitative estimate of drug-likeness (QED) is 0.772. The summed E-state index contributed by atoms with van der Waals surface area (Å²) in [6, 6.07) is 8.09. The van der Waals surface area contributed by atoms with Gasteiger partial charge in [0.05, 0.1) is 6.61 Å². The molecule has 4 heteroatoms. The van der Waals surface area contributed by atoms with Gasteiger partial charge in [0.1, 0.15) is 0 Å². The summed E-state index contributed by atoms with van der Waals surface area (Å²) in [6.45, 7) is 1.70. The van der Waals surface area contributed by atoms with E-state index in [0.29, 0.717) is 13.1 Å². The van der Waals surface area contributed by atoms with Crippen LogP contribution in [0.3, 0.4) is 0 Å². The Labute approximate surface area is 94.9 Å². The molecule has 0 bridgehead atoms. The number of hydrogen-bond donors (Lipinski definition) is 2. The highest BCUT2D eigenvalue weighted by Crippen LogP contribution is 2.18. The van der Waals surface area contributed by atoms with Crippen LogP contribution in [0.2, 0.25) is 0 Å². The van der Waals surface area contributed by atoms with Crippen molar-refractivity contribution in [2.75, 3.05) is 19.7 Å². The van der Waals surface area contributed by atoms with E-state index in [1.807, 2.05) is 12.1 Å². The maximum atomic E-state index is 11.7. The Kier molecular flexibility index (Phi) is 3.41. The van der Waals surface area contributed by atoms with Crippen molar-refractivity contribution >= 4 is 6.03 Å². The van der Waals surface area contributed by atoms with Crippen LogP contribution >= 0.6 is 0 Å². The average Bonchev–Trinajstić information content (AvgIpc) is 2.35. The molecule has 0 atom stereocenters. The fraction of sp³-hybridized carbons (Fsp3) is 0.417. The first-order valence-corrected chi connectivity index (χ1v) is 5.51. The van der Waals surface area contributed by atoms with Crippen LogP contribution in [-0.2, 0) is 13.0 Å². The van der Waals surface area contributed by atoms with Gasteiger partial charge in [0, 0.05) is 19.6 Å². The summed E-state index contributed by atoms with van der Waals surface area (Å²) >= 11 is 0. The van der Waals surface area contributed by atoms with Crippen molar-refractivity contribution in [3.63, 3.8) is 0 Å². The standard InChI is InChI=1S/C12H16N2O2/c15-8-6-13-12(16)14-7-5-10-3-1-2-4-11(10)9-14/h1-4,15H,5-9H2,(H,13,16). The third-order valence-corrected chi connectivity index (χ3v) is 2.81. The Balaban J connectivity index is 1.99. The maximum Gasteiger partial charge on any atom is 0.317 e. The van der Waals surface area contributed by atoms with Crippen molar-refractivity contribution in [1.29, 1.82) is 0 Å². The fourth-order valence-corrected chi connectivity index (χ4v) is 1.94. The normalized spacial score (nSPS) is 14.4. The lowest BCUT2D eigenvalue weighted by molar-refractivity contribution is 0.188. The molecule has 0 aliphatic carbocycles. The van der Waals surface area contributed by atoms with Crippen molar-refractivity contribution in [2.45, 2.75) is 13.0 Å². The topological polar surface area (TPSA) is 52.6 Å². The molecule has 1 aromatic carbocycles. The monoisotopic (exact) mass is 220 g/mol. The first-order valence-electron chi connectivity index (χ1n) is 5.51. The molecule has 4 nitrogen and oxygen atoms in total. The van der Waals surface area contributed by atoms with Crippen LogP contribution in [0.1, 0.15) is 11.1 Å². The summed E-state index contributed by atoms with van der Waals surface area (Å²) in [4.78, 5) is 13.4. The predicted molar refractivity (Wildman–Crippen MR) is 61.0 cm³/mol. The van der Waals surface area contributed by atoms with E-state index in [-0.39, 0.29) is 12.6 Å². The summed E-state index contributed by atoms with van der Waals surface area (Å²) in [7, 11) is 0. The van der Waals surface area contributed by atoms with E-state index in [4.69, 9.17) is 5.11 Å². The van der Waals surface area contributed by atoms with Gasteiger partial charge in [0.2, 0.25) is 0 Å². The number of aliphatic hydroxyl groups is 1. The summed E-state index contributed by atoms with van der Waals surface area (Å²) in [5.74, 6) is 0. The summed E-state index contributed by atoms with van der Waals surface area (Å²) in [5, 5.41) is 11.3. The lowest BCUT2D eigenvalue weighted by Gasteiger charge is -2.28. The van der Waals surface area contributed by atoms with E-state index in [0.717, 1.165) is 13.0 Å². The second-order valence-corrected chi connectivity index (χ2v) is 3.90. The Morgan fingerprint density at radius 1 is 1.38 bits per heavy atom. The lowest BCUT2D eigenvalue weighted by atomic mass is 10.0. The zero-order valence-electron chi connectivity index (χ0n) is 9.15.